The third-order valence-electron chi connectivity index (χ3n) is 3.64. The maximum Gasteiger partial charge on any atom is 0.174 e. The molecule has 0 saturated carbocycles. The fraction of sp³-hybridized carbons (Fsp3) is 0.500. The van der Waals surface area contributed by atoms with Crippen LogP contribution in [0.4, 0.5) is 0 Å². The maximum atomic E-state index is 12.5. The molecule has 0 saturated heterocycles. The van der Waals surface area contributed by atoms with Gasteiger partial charge in [-0.25, -0.2) is 0 Å². The quantitative estimate of drug-likeness (QED) is 0.753. The van der Waals surface area contributed by atoms with Gasteiger partial charge in [-0.15, -0.1) is 0 Å². The number of hydrogen-bond donors (Lipinski definition) is 0. The van der Waals surface area contributed by atoms with Gasteiger partial charge >= 0.3 is 0 Å². The minimum Gasteiger partial charge on any atom is -0.355 e. The van der Waals surface area contributed by atoms with Crippen molar-refractivity contribution in [2.75, 3.05) is 14.2 Å². The average molecular weight is 234 g/mol. The number of fused-ring (bicyclic) bond motifs is 1. The van der Waals surface area contributed by atoms with Crippen molar-refractivity contribution < 1.29 is 14.3 Å². The van der Waals surface area contributed by atoms with Gasteiger partial charge in [0.2, 0.25) is 0 Å². The van der Waals surface area contributed by atoms with Gasteiger partial charge in [-0.1, -0.05) is 24.3 Å². The van der Waals surface area contributed by atoms with Crippen LogP contribution in [0.25, 0.3) is 0 Å². The molecule has 0 radical (unpaired) electrons. The molecule has 1 atom stereocenters. The topological polar surface area (TPSA) is 35.5 Å². The van der Waals surface area contributed by atoms with Crippen LogP contribution in [-0.2, 0) is 15.9 Å². The Balaban J connectivity index is 2.40. The van der Waals surface area contributed by atoms with E-state index in [-0.39, 0.29) is 5.78 Å². The molecule has 0 bridgehead atoms. The lowest BCUT2D eigenvalue weighted by atomic mass is 9.71. The Bertz CT molecular complexity index is 423. The van der Waals surface area contributed by atoms with Crippen LogP contribution in [0.2, 0.25) is 0 Å². The van der Waals surface area contributed by atoms with Gasteiger partial charge in [-0.3, -0.25) is 4.79 Å². The molecule has 0 aliphatic heterocycles. The zero-order valence-electron chi connectivity index (χ0n) is 10.5. The van der Waals surface area contributed by atoms with E-state index in [0.717, 1.165) is 24.0 Å². The monoisotopic (exact) mass is 234 g/mol. The van der Waals surface area contributed by atoms with Crippen LogP contribution >= 0.6 is 0 Å². The molecule has 1 aromatic carbocycles. The number of benzene rings is 1. The van der Waals surface area contributed by atoms with Crippen LogP contribution in [-0.4, -0.2) is 26.3 Å². The van der Waals surface area contributed by atoms with Crippen molar-refractivity contribution in [2.24, 2.45) is 5.41 Å². The van der Waals surface area contributed by atoms with Crippen molar-refractivity contribution in [3.8, 4) is 0 Å². The molecular weight excluding hydrogens is 216 g/mol. The fourth-order valence-corrected chi connectivity index (χ4v) is 2.62. The van der Waals surface area contributed by atoms with Crippen molar-refractivity contribution in [1.29, 1.82) is 0 Å². The van der Waals surface area contributed by atoms with E-state index in [1.807, 2.05) is 31.2 Å². The average Bonchev–Trinajstić information content (AvgIpc) is 2.36. The van der Waals surface area contributed by atoms with E-state index in [9.17, 15) is 4.79 Å². The first-order chi connectivity index (χ1) is 8.13. The van der Waals surface area contributed by atoms with E-state index < -0.39 is 11.7 Å². The van der Waals surface area contributed by atoms with Crippen molar-refractivity contribution in [3.05, 3.63) is 35.4 Å². The highest BCUT2D eigenvalue weighted by Crippen LogP contribution is 2.39. The fourth-order valence-electron chi connectivity index (χ4n) is 2.62. The summed E-state index contributed by atoms with van der Waals surface area (Å²) in [5.74, 6) is 0.119. The van der Waals surface area contributed by atoms with Gasteiger partial charge < -0.3 is 9.47 Å². The smallest absolute Gasteiger partial charge is 0.174 e. The molecule has 0 N–H and O–H groups in total. The van der Waals surface area contributed by atoms with Gasteiger partial charge in [0.1, 0.15) is 0 Å². The molecule has 0 spiro atoms. The minimum atomic E-state index is -0.585. The Morgan fingerprint density at radius 2 is 1.88 bits per heavy atom. The van der Waals surface area contributed by atoms with Gasteiger partial charge in [-0.2, -0.15) is 0 Å². The molecular formula is C14H18O3. The number of ether oxygens (including phenoxy) is 2. The number of aryl methyl sites for hydroxylation is 1. The van der Waals surface area contributed by atoms with E-state index in [4.69, 9.17) is 9.47 Å². The number of rotatable bonds is 3. The van der Waals surface area contributed by atoms with Crippen molar-refractivity contribution in [1.82, 2.24) is 0 Å². The van der Waals surface area contributed by atoms with E-state index in [0.29, 0.717) is 0 Å². The van der Waals surface area contributed by atoms with Crippen LogP contribution in [0, 0.1) is 5.41 Å². The van der Waals surface area contributed by atoms with Crippen LogP contribution in [0.15, 0.2) is 24.3 Å². The van der Waals surface area contributed by atoms with Crippen molar-refractivity contribution >= 4 is 5.78 Å². The standard InChI is InChI=1S/C14H18O3/c1-14(13(16-2)17-3)9-8-10-6-4-5-7-11(10)12(14)15/h4-7,13H,8-9H2,1-3H3. The first-order valence-corrected chi connectivity index (χ1v) is 5.82. The van der Waals surface area contributed by atoms with Gasteiger partial charge in [-0.05, 0) is 25.3 Å². The number of hydrogen-bond acceptors (Lipinski definition) is 3. The second kappa shape index (κ2) is 4.59. The lowest BCUT2D eigenvalue weighted by Crippen LogP contribution is -2.45. The number of Topliss-reactive ketones (excluding diaryl/α,β-unsaturated/α-hetero) is 1. The largest absolute Gasteiger partial charge is 0.355 e. The highest BCUT2D eigenvalue weighted by Gasteiger charge is 2.45. The van der Waals surface area contributed by atoms with Gasteiger partial charge in [0.15, 0.2) is 12.1 Å². The van der Waals surface area contributed by atoms with Crippen LogP contribution in [0.5, 0.6) is 0 Å². The summed E-state index contributed by atoms with van der Waals surface area (Å²) >= 11 is 0. The van der Waals surface area contributed by atoms with Gasteiger partial charge in [0, 0.05) is 19.8 Å². The number of carbonyl (C=O) groups excluding carboxylic acids is 1. The summed E-state index contributed by atoms with van der Waals surface area (Å²) < 4.78 is 10.6. The molecule has 0 fully saturated rings. The van der Waals surface area contributed by atoms with E-state index in [1.165, 1.54) is 0 Å². The summed E-state index contributed by atoms with van der Waals surface area (Å²) in [6, 6.07) is 7.77. The second-order valence-corrected chi connectivity index (χ2v) is 4.71. The maximum absolute atomic E-state index is 12.5. The first kappa shape index (κ1) is 12.3. The molecule has 2 rings (SSSR count). The molecule has 1 aliphatic carbocycles. The SMILES string of the molecule is COC(OC)C1(C)CCc2ccccc2C1=O. The van der Waals surface area contributed by atoms with E-state index >= 15 is 0 Å². The molecule has 3 heteroatoms. The molecule has 1 aromatic rings. The van der Waals surface area contributed by atoms with Crippen LogP contribution in [0.3, 0.4) is 0 Å². The minimum absolute atomic E-state index is 0.119. The zero-order chi connectivity index (χ0) is 12.5. The van der Waals surface area contributed by atoms with E-state index in [2.05, 4.69) is 0 Å². The summed E-state index contributed by atoms with van der Waals surface area (Å²) in [6.07, 6.45) is 1.17. The Morgan fingerprint density at radius 1 is 1.24 bits per heavy atom. The lowest BCUT2D eigenvalue weighted by molar-refractivity contribution is -0.159. The summed E-state index contributed by atoms with van der Waals surface area (Å²) in [6.45, 7) is 1.92. The second-order valence-electron chi connectivity index (χ2n) is 4.71. The third kappa shape index (κ3) is 1.90. The molecule has 17 heavy (non-hydrogen) atoms. The Morgan fingerprint density at radius 3 is 2.53 bits per heavy atom. The zero-order valence-corrected chi connectivity index (χ0v) is 10.5. The summed E-state index contributed by atoms with van der Waals surface area (Å²) in [5, 5.41) is 0. The molecule has 1 unspecified atom stereocenters. The summed E-state index contributed by atoms with van der Waals surface area (Å²) in [5.41, 5.74) is 1.35. The van der Waals surface area contributed by atoms with Crippen LogP contribution in [0.1, 0.15) is 29.3 Å². The predicted molar refractivity (Wildman–Crippen MR) is 65.0 cm³/mol. The van der Waals surface area contributed by atoms with Crippen molar-refractivity contribution in [2.45, 2.75) is 26.1 Å². The molecule has 92 valence electrons. The Labute approximate surface area is 102 Å². The Hall–Kier alpha value is -1.19. The predicted octanol–water partition coefficient (Wildman–Crippen LogP) is 2.44. The first-order valence-electron chi connectivity index (χ1n) is 5.82. The number of methoxy groups -OCH3 is 2. The van der Waals surface area contributed by atoms with Gasteiger partial charge in [0.05, 0.1) is 5.41 Å². The van der Waals surface area contributed by atoms with Crippen molar-refractivity contribution in [3.63, 3.8) is 0 Å². The molecule has 0 aromatic heterocycles. The third-order valence-corrected chi connectivity index (χ3v) is 3.64. The Kier molecular flexibility index (Phi) is 3.31. The number of ketones is 1. The highest BCUT2D eigenvalue weighted by molar-refractivity contribution is 6.02. The molecule has 1 aliphatic rings. The van der Waals surface area contributed by atoms with Gasteiger partial charge in [0.25, 0.3) is 0 Å². The normalized spacial score (nSPS) is 23.9. The van der Waals surface area contributed by atoms with E-state index in [1.54, 1.807) is 14.2 Å². The molecule has 3 nitrogen and oxygen atoms in total. The highest BCUT2D eigenvalue weighted by atomic mass is 16.7. The summed E-state index contributed by atoms with van der Waals surface area (Å²) in [7, 11) is 3.15. The number of carbonyl (C=O) groups is 1. The lowest BCUT2D eigenvalue weighted by Gasteiger charge is -2.37. The van der Waals surface area contributed by atoms with Crippen LogP contribution < -0.4 is 0 Å². The molecule has 0 heterocycles. The molecule has 0 amide bonds. The summed E-state index contributed by atoms with van der Waals surface area (Å²) in [4.78, 5) is 12.5.